The van der Waals surface area contributed by atoms with Crippen molar-refractivity contribution in [3.63, 3.8) is 0 Å². The summed E-state index contributed by atoms with van der Waals surface area (Å²) in [5, 5.41) is 12.1. The van der Waals surface area contributed by atoms with Crippen LogP contribution in [0.1, 0.15) is 44.9 Å². The largest absolute Gasteiger partial charge is 0.481 e. The van der Waals surface area contributed by atoms with E-state index in [1.54, 1.807) is 0 Å². The Hall–Kier alpha value is -1.06. The van der Waals surface area contributed by atoms with E-state index in [0.717, 1.165) is 32.1 Å². The van der Waals surface area contributed by atoms with Crippen molar-refractivity contribution in [3.8, 4) is 0 Å². The quantitative estimate of drug-likeness (QED) is 0.765. The number of carboxylic acid groups (broad SMARTS) is 1. The molecule has 0 heterocycles. The van der Waals surface area contributed by atoms with E-state index in [9.17, 15) is 9.59 Å². The molecule has 0 unspecified atom stereocenters. The molecule has 0 radical (unpaired) electrons. The molecule has 4 nitrogen and oxygen atoms in total. The number of aliphatic carboxylic acids is 1. The fourth-order valence-electron chi connectivity index (χ4n) is 2.60. The second-order valence-corrected chi connectivity index (χ2v) is 4.97. The van der Waals surface area contributed by atoms with Crippen molar-refractivity contribution in [1.29, 1.82) is 0 Å². The van der Waals surface area contributed by atoms with Crippen LogP contribution in [0, 0.1) is 11.8 Å². The molecule has 0 saturated heterocycles. The molecule has 0 spiro atoms. The number of amides is 1. The van der Waals surface area contributed by atoms with E-state index in [2.05, 4.69) is 5.32 Å². The molecule has 0 aromatic rings. The summed E-state index contributed by atoms with van der Waals surface area (Å²) in [5.74, 6) is -1.61. The summed E-state index contributed by atoms with van der Waals surface area (Å²) in [4.78, 5) is 23.0. The standard InChI is InChI=1S/C12H19NO3/c14-11(13-8-4-3-5-8)9-6-1-2-7-10(9)12(15)16/h8-10H,1-7H2,(H,13,14)(H,15,16)/t9-,10+/m0/s1. The second kappa shape index (κ2) is 4.85. The van der Waals surface area contributed by atoms with Gasteiger partial charge in [0.15, 0.2) is 0 Å². The van der Waals surface area contributed by atoms with Crippen molar-refractivity contribution < 1.29 is 14.7 Å². The van der Waals surface area contributed by atoms with Crippen LogP contribution in [-0.2, 0) is 9.59 Å². The van der Waals surface area contributed by atoms with Gasteiger partial charge in [0, 0.05) is 6.04 Å². The summed E-state index contributed by atoms with van der Waals surface area (Å²) in [6, 6.07) is 0.309. The van der Waals surface area contributed by atoms with Gasteiger partial charge in [-0.05, 0) is 32.1 Å². The van der Waals surface area contributed by atoms with Crippen LogP contribution in [0.15, 0.2) is 0 Å². The van der Waals surface area contributed by atoms with Gasteiger partial charge < -0.3 is 10.4 Å². The van der Waals surface area contributed by atoms with Crippen molar-refractivity contribution in [3.05, 3.63) is 0 Å². The monoisotopic (exact) mass is 225 g/mol. The molecule has 0 aliphatic heterocycles. The van der Waals surface area contributed by atoms with E-state index in [1.165, 1.54) is 6.42 Å². The van der Waals surface area contributed by atoms with Gasteiger partial charge >= 0.3 is 5.97 Å². The van der Waals surface area contributed by atoms with E-state index >= 15 is 0 Å². The van der Waals surface area contributed by atoms with Gasteiger partial charge in [-0.1, -0.05) is 12.8 Å². The Balaban J connectivity index is 1.93. The lowest BCUT2D eigenvalue weighted by molar-refractivity contribution is -0.149. The van der Waals surface area contributed by atoms with Gasteiger partial charge in [-0.25, -0.2) is 0 Å². The van der Waals surface area contributed by atoms with Crippen LogP contribution in [0.2, 0.25) is 0 Å². The number of nitrogens with one attached hydrogen (secondary N) is 1. The minimum Gasteiger partial charge on any atom is -0.481 e. The molecule has 2 N–H and O–H groups in total. The van der Waals surface area contributed by atoms with E-state index in [4.69, 9.17) is 5.11 Å². The highest BCUT2D eigenvalue weighted by atomic mass is 16.4. The molecule has 2 saturated carbocycles. The predicted molar refractivity (Wildman–Crippen MR) is 58.9 cm³/mol. The fraction of sp³-hybridized carbons (Fsp3) is 0.833. The molecule has 2 aliphatic rings. The normalized spacial score (nSPS) is 30.5. The summed E-state index contributed by atoms with van der Waals surface area (Å²) in [5.41, 5.74) is 0. The third-order valence-corrected chi connectivity index (χ3v) is 3.87. The lowest BCUT2D eigenvalue weighted by atomic mass is 9.78. The molecule has 2 aliphatic carbocycles. The van der Waals surface area contributed by atoms with Crippen molar-refractivity contribution in [2.24, 2.45) is 11.8 Å². The smallest absolute Gasteiger partial charge is 0.307 e. The molecule has 0 aromatic carbocycles. The molecular formula is C12H19NO3. The van der Waals surface area contributed by atoms with Gasteiger partial charge in [0.2, 0.25) is 5.91 Å². The van der Waals surface area contributed by atoms with Crippen LogP contribution < -0.4 is 5.32 Å². The summed E-state index contributed by atoms with van der Waals surface area (Å²) in [6.45, 7) is 0. The summed E-state index contributed by atoms with van der Waals surface area (Å²) in [7, 11) is 0. The van der Waals surface area contributed by atoms with E-state index in [-0.39, 0.29) is 11.8 Å². The zero-order chi connectivity index (χ0) is 11.5. The van der Waals surface area contributed by atoms with Crippen LogP contribution in [0.5, 0.6) is 0 Å². The summed E-state index contributed by atoms with van der Waals surface area (Å²) in [6.07, 6.45) is 6.58. The Bertz CT molecular complexity index is 286. The van der Waals surface area contributed by atoms with Gasteiger partial charge in [-0.15, -0.1) is 0 Å². The fourth-order valence-corrected chi connectivity index (χ4v) is 2.60. The van der Waals surface area contributed by atoms with Gasteiger partial charge in [-0.3, -0.25) is 9.59 Å². The molecule has 2 fully saturated rings. The Morgan fingerprint density at radius 1 is 0.938 bits per heavy atom. The highest BCUT2D eigenvalue weighted by Gasteiger charge is 2.36. The molecule has 0 bridgehead atoms. The lowest BCUT2D eigenvalue weighted by Gasteiger charge is -2.32. The van der Waals surface area contributed by atoms with Crippen molar-refractivity contribution in [2.45, 2.75) is 51.0 Å². The molecule has 16 heavy (non-hydrogen) atoms. The van der Waals surface area contributed by atoms with Crippen molar-refractivity contribution in [2.75, 3.05) is 0 Å². The maximum atomic E-state index is 11.9. The number of carbonyl (C=O) groups excluding carboxylic acids is 1. The van der Waals surface area contributed by atoms with Crippen LogP contribution in [0.25, 0.3) is 0 Å². The number of carboxylic acids is 1. The van der Waals surface area contributed by atoms with Gasteiger partial charge in [-0.2, -0.15) is 0 Å². The highest BCUT2D eigenvalue weighted by Crippen LogP contribution is 2.31. The third-order valence-electron chi connectivity index (χ3n) is 3.87. The van der Waals surface area contributed by atoms with E-state index in [0.29, 0.717) is 12.5 Å². The molecular weight excluding hydrogens is 206 g/mol. The molecule has 90 valence electrons. The van der Waals surface area contributed by atoms with Crippen molar-refractivity contribution in [1.82, 2.24) is 5.32 Å². The molecule has 1 amide bonds. The van der Waals surface area contributed by atoms with Crippen LogP contribution in [-0.4, -0.2) is 23.0 Å². The van der Waals surface area contributed by atoms with E-state index < -0.39 is 11.9 Å². The second-order valence-electron chi connectivity index (χ2n) is 4.97. The molecule has 2 atom stereocenters. The highest BCUT2D eigenvalue weighted by molar-refractivity contribution is 5.85. The van der Waals surface area contributed by atoms with Crippen LogP contribution in [0.3, 0.4) is 0 Å². The average Bonchev–Trinajstić information content (AvgIpc) is 2.23. The molecule has 0 aromatic heterocycles. The van der Waals surface area contributed by atoms with E-state index in [1.807, 2.05) is 0 Å². The number of hydrogen-bond donors (Lipinski definition) is 2. The third kappa shape index (κ3) is 2.36. The number of carbonyl (C=O) groups is 2. The first kappa shape index (κ1) is 11.4. The van der Waals surface area contributed by atoms with Crippen LogP contribution >= 0.6 is 0 Å². The first-order valence-corrected chi connectivity index (χ1v) is 6.21. The van der Waals surface area contributed by atoms with Gasteiger partial charge in [0.25, 0.3) is 0 Å². The maximum absolute atomic E-state index is 11.9. The zero-order valence-corrected chi connectivity index (χ0v) is 9.45. The molecule has 2 rings (SSSR count). The lowest BCUT2D eigenvalue weighted by Crippen LogP contribution is -2.46. The summed E-state index contributed by atoms with van der Waals surface area (Å²) < 4.78 is 0. The zero-order valence-electron chi connectivity index (χ0n) is 9.45. The first-order valence-electron chi connectivity index (χ1n) is 6.21. The Labute approximate surface area is 95.4 Å². The Kier molecular flexibility index (Phi) is 3.46. The number of hydrogen-bond acceptors (Lipinski definition) is 2. The van der Waals surface area contributed by atoms with Crippen LogP contribution in [0.4, 0.5) is 0 Å². The van der Waals surface area contributed by atoms with Gasteiger partial charge in [0.1, 0.15) is 0 Å². The predicted octanol–water partition coefficient (Wildman–Crippen LogP) is 1.55. The summed E-state index contributed by atoms with van der Waals surface area (Å²) >= 11 is 0. The average molecular weight is 225 g/mol. The maximum Gasteiger partial charge on any atom is 0.307 e. The topological polar surface area (TPSA) is 66.4 Å². The minimum atomic E-state index is -0.812. The number of rotatable bonds is 3. The first-order chi connectivity index (χ1) is 7.68. The van der Waals surface area contributed by atoms with Gasteiger partial charge in [0.05, 0.1) is 11.8 Å². The Morgan fingerprint density at radius 2 is 1.56 bits per heavy atom. The van der Waals surface area contributed by atoms with Crippen molar-refractivity contribution >= 4 is 11.9 Å². The minimum absolute atomic E-state index is 0.0307. The molecule has 4 heteroatoms. The SMILES string of the molecule is O=C(NC1CCC1)[C@H]1CCCC[C@H]1C(=O)O. The Morgan fingerprint density at radius 3 is 2.06 bits per heavy atom.